The summed E-state index contributed by atoms with van der Waals surface area (Å²) in [6.45, 7) is 6.79. The molecule has 8 heteroatoms. The highest BCUT2D eigenvalue weighted by atomic mass is 32.1. The average molecular weight is 476 g/mol. The summed E-state index contributed by atoms with van der Waals surface area (Å²) in [4.78, 5) is 29.7. The van der Waals surface area contributed by atoms with Crippen LogP contribution in [0.1, 0.15) is 34.5 Å². The van der Waals surface area contributed by atoms with E-state index in [1.165, 1.54) is 4.90 Å². The van der Waals surface area contributed by atoms with Crippen molar-refractivity contribution in [2.45, 2.75) is 46.3 Å². The van der Waals surface area contributed by atoms with Crippen LogP contribution in [0.25, 0.3) is 0 Å². The quantitative estimate of drug-likeness (QED) is 0.434. The van der Waals surface area contributed by atoms with E-state index in [0.717, 1.165) is 28.1 Å². The number of thiocarbonyl (C=S) groups is 1. The number of nitrogens with one attached hydrogen (secondary N) is 1. The van der Waals surface area contributed by atoms with Gasteiger partial charge >= 0.3 is 0 Å². The monoisotopic (exact) mass is 475 g/mol. The highest BCUT2D eigenvalue weighted by molar-refractivity contribution is 7.80. The first kappa shape index (κ1) is 23.6. The number of aromatic nitrogens is 2. The molecule has 1 fully saturated rings. The van der Waals surface area contributed by atoms with Gasteiger partial charge in [0.1, 0.15) is 6.04 Å². The minimum Gasteiger partial charge on any atom is -0.358 e. The van der Waals surface area contributed by atoms with E-state index in [4.69, 9.17) is 12.2 Å². The normalized spacial score (nSPS) is 15.6. The minimum absolute atomic E-state index is 0.0677. The Morgan fingerprint density at radius 2 is 1.85 bits per heavy atom. The summed E-state index contributed by atoms with van der Waals surface area (Å²) in [5.41, 5.74) is 5.53. The summed E-state index contributed by atoms with van der Waals surface area (Å²) in [5.74, 6) is -0.491. The zero-order valence-corrected chi connectivity index (χ0v) is 20.7. The molecule has 4 rings (SSSR count). The van der Waals surface area contributed by atoms with Crippen molar-refractivity contribution >= 4 is 34.8 Å². The number of hydrogen-bond acceptors (Lipinski definition) is 4. The number of hydrogen-bond donors (Lipinski definition) is 1. The fourth-order valence-electron chi connectivity index (χ4n) is 4.31. The van der Waals surface area contributed by atoms with Crippen LogP contribution in [-0.2, 0) is 29.7 Å². The molecule has 0 saturated carbocycles. The maximum absolute atomic E-state index is 13.6. The molecule has 2 heterocycles. The molecule has 1 saturated heterocycles. The first-order valence-corrected chi connectivity index (χ1v) is 11.7. The molecular formula is C26H29N5O2S. The minimum atomic E-state index is -0.692. The van der Waals surface area contributed by atoms with Crippen LogP contribution in [0.5, 0.6) is 0 Å². The first-order valence-electron chi connectivity index (χ1n) is 11.3. The highest BCUT2D eigenvalue weighted by Gasteiger charge is 2.44. The molecule has 7 nitrogen and oxygen atoms in total. The Morgan fingerprint density at radius 3 is 2.50 bits per heavy atom. The molecule has 3 aromatic rings. The van der Waals surface area contributed by atoms with E-state index in [2.05, 4.69) is 10.4 Å². The van der Waals surface area contributed by atoms with Crippen LogP contribution in [0.2, 0.25) is 0 Å². The van der Waals surface area contributed by atoms with Crippen LogP contribution in [0.3, 0.4) is 0 Å². The van der Waals surface area contributed by atoms with Crippen molar-refractivity contribution in [3.63, 3.8) is 0 Å². The Balaban J connectivity index is 1.63. The molecule has 34 heavy (non-hydrogen) atoms. The Hall–Kier alpha value is -3.52. The largest absolute Gasteiger partial charge is 0.358 e. The van der Waals surface area contributed by atoms with Crippen LogP contribution in [-0.4, -0.2) is 37.6 Å². The van der Waals surface area contributed by atoms with Crippen LogP contribution in [0.4, 0.5) is 5.69 Å². The smallest absolute Gasteiger partial charge is 0.257 e. The zero-order chi connectivity index (χ0) is 24.4. The van der Waals surface area contributed by atoms with E-state index < -0.39 is 6.04 Å². The molecule has 0 unspecified atom stereocenters. The van der Waals surface area contributed by atoms with Gasteiger partial charge in [0.15, 0.2) is 5.11 Å². The first-order chi connectivity index (χ1) is 16.3. The number of anilines is 1. The molecule has 2 amide bonds. The molecule has 0 bridgehead atoms. The lowest BCUT2D eigenvalue weighted by molar-refractivity contribution is -0.122. The summed E-state index contributed by atoms with van der Waals surface area (Å²) in [6.07, 6.45) is 0.0677. The van der Waals surface area contributed by atoms with Gasteiger partial charge in [0.05, 0.1) is 17.8 Å². The zero-order valence-electron chi connectivity index (χ0n) is 19.9. The molecular weight excluding hydrogens is 446 g/mol. The molecule has 1 N–H and O–H groups in total. The van der Waals surface area contributed by atoms with E-state index >= 15 is 0 Å². The van der Waals surface area contributed by atoms with Crippen molar-refractivity contribution in [1.29, 1.82) is 0 Å². The topological polar surface area (TPSA) is 70.5 Å². The lowest BCUT2D eigenvalue weighted by Gasteiger charge is -2.30. The summed E-state index contributed by atoms with van der Waals surface area (Å²) < 4.78 is 1.82. The molecule has 0 aliphatic carbocycles. The summed E-state index contributed by atoms with van der Waals surface area (Å²) >= 11 is 5.78. The highest BCUT2D eigenvalue weighted by Crippen LogP contribution is 2.28. The molecule has 0 radical (unpaired) electrons. The van der Waals surface area contributed by atoms with Gasteiger partial charge in [-0.15, -0.1) is 0 Å². The predicted octanol–water partition coefficient (Wildman–Crippen LogP) is 3.55. The average Bonchev–Trinajstić information content (AvgIpc) is 3.24. The number of aryl methyl sites for hydroxylation is 3. The number of nitrogens with zero attached hydrogens (tertiary/aromatic N) is 4. The third kappa shape index (κ3) is 4.72. The SMILES string of the molecule is Cc1cccc(N2C(=O)C[C@@H](N(Cc3c(C)nn(C)c3C)C(=S)NCc3ccccc3)C2=O)c1. The standard InChI is InChI=1S/C26H29N5O2S/c1-17-9-8-12-21(13-17)31-24(32)14-23(25(31)33)30(16-22-18(2)28-29(4)19(22)3)26(34)27-15-20-10-6-5-7-11-20/h5-13,23H,14-16H2,1-4H3,(H,27,34)/t23-/m1/s1. The van der Waals surface area contributed by atoms with Crippen LogP contribution >= 0.6 is 12.2 Å². The molecule has 1 aromatic heterocycles. The maximum Gasteiger partial charge on any atom is 0.257 e. The van der Waals surface area contributed by atoms with Gasteiger partial charge in [-0.25, -0.2) is 4.90 Å². The lowest BCUT2D eigenvalue weighted by atomic mass is 10.1. The number of carbonyl (C=O) groups excluding carboxylic acids is 2. The van der Waals surface area contributed by atoms with Crippen molar-refractivity contribution < 1.29 is 9.59 Å². The van der Waals surface area contributed by atoms with Gasteiger partial charge in [0, 0.05) is 31.4 Å². The van der Waals surface area contributed by atoms with Crippen molar-refractivity contribution in [1.82, 2.24) is 20.0 Å². The van der Waals surface area contributed by atoms with Gasteiger partial charge in [0.25, 0.3) is 5.91 Å². The summed E-state index contributed by atoms with van der Waals surface area (Å²) in [6, 6.07) is 16.7. The Bertz CT molecular complexity index is 1240. The van der Waals surface area contributed by atoms with Crippen molar-refractivity contribution in [2.75, 3.05) is 4.90 Å². The molecule has 0 spiro atoms. The van der Waals surface area contributed by atoms with E-state index in [9.17, 15) is 9.59 Å². The number of imide groups is 1. The lowest BCUT2D eigenvalue weighted by Crippen LogP contribution is -2.49. The van der Waals surface area contributed by atoms with Crippen LogP contribution < -0.4 is 10.2 Å². The van der Waals surface area contributed by atoms with E-state index in [-0.39, 0.29) is 18.2 Å². The van der Waals surface area contributed by atoms with Gasteiger partial charge in [-0.05, 0) is 56.2 Å². The predicted molar refractivity (Wildman–Crippen MR) is 136 cm³/mol. The van der Waals surface area contributed by atoms with Gasteiger partial charge < -0.3 is 10.2 Å². The Kier molecular flexibility index (Phi) is 6.79. The van der Waals surface area contributed by atoms with Crippen LogP contribution in [0, 0.1) is 20.8 Å². The fourth-order valence-corrected chi connectivity index (χ4v) is 4.58. The van der Waals surface area contributed by atoms with Crippen molar-refractivity contribution in [2.24, 2.45) is 7.05 Å². The molecule has 1 aliphatic rings. The molecule has 1 atom stereocenters. The second-order valence-corrected chi connectivity index (χ2v) is 9.06. The maximum atomic E-state index is 13.6. The number of benzene rings is 2. The van der Waals surface area contributed by atoms with E-state index in [1.54, 1.807) is 6.07 Å². The van der Waals surface area contributed by atoms with Gasteiger partial charge in [-0.3, -0.25) is 14.3 Å². The number of carbonyl (C=O) groups is 2. The third-order valence-electron chi connectivity index (χ3n) is 6.29. The van der Waals surface area contributed by atoms with Crippen LogP contribution in [0.15, 0.2) is 54.6 Å². The third-order valence-corrected chi connectivity index (χ3v) is 6.67. The van der Waals surface area contributed by atoms with Gasteiger partial charge in [-0.1, -0.05) is 42.5 Å². The number of amides is 2. The molecule has 2 aromatic carbocycles. The summed E-state index contributed by atoms with van der Waals surface area (Å²) in [5, 5.41) is 8.24. The second kappa shape index (κ2) is 9.77. The Labute approximate surface area is 205 Å². The molecule has 1 aliphatic heterocycles. The number of rotatable bonds is 6. The van der Waals surface area contributed by atoms with Gasteiger partial charge in [-0.2, -0.15) is 5.10 Å². The second-order valence-electron chi connectivity index (χ2n) is 8.67. The fraction of sp³-hybridized carbons (Fsp3) is 0.308. The van der Waals surface area contributed by atoms with Crippen molar-refractivity contribution in [3.8, 4) is 0 Å². The molecule has 176 valence electrons. The van der Waals surface area contributed by atoms with E-state index in [0.29, 0.717) is 23.9 Å². The van der Waals surface area contributed by atoms with Crippen molar-refractivity contribution in [3.05, 3.63) is 82.7 Å². The Morgan fingerprint density at radius 1 is 1.12 bits per heavy atom. The van der Waals surface area contributed by atoms with Gasteiger partial charge in [0.2, 0.25) is 5.91 Å². The summed E-state index contributed by atoms with van der Waals surface area (Å²) in [7, 11) is 1.89. The van der Waals surface area contributed by atoms with E-state index in [1.807, 2.05) is 85.9 Å².